The molecule has 0 bridgehead atoms. The largest absolute Gasteiger partial charge is 0.493 e. The molecule has 2 aromatic heterocycles. The second-order valence-corrected chi connectivity index (χ2v) is 8.50. The van der Waals surface area contributed by atoms with Crippen molar-refractivity contribution in [2.45, 2.75) is 38.6 Å². The zero-order chi connectivity index (χ0) is 19.8. The fourth-order valence-electron chi connectivity index (χ4n) is 3.13. The number of H-pyrrole nitrogens is 1. The highest BCUT2D eigenvalue weighted by molar-refractivity contribution is 7.90. The first kappa shape index (κ1) is 19.2. The van der Waals surface area contributed by atoms with Crippen molar-refractivity contribution in [1.82, 2.24) is 14.5 Å². The molecule has 1 N–H and O–H groups in total. The Labute approximate surface area is 157 Å². The standard InChI is InChI=1S/C19H23N3O4S/c1-5-9-22-11-12(3)16-18(22)20-17(21-19(16)23)14-10-13(27(4,24)25)7-8-15(14)26-6-2/h7-8,10-11H,5-6,9H2,1-4H3,(H,20,21,23). The van der Waals surface area contributed by atoms with Gasteiger partial charge in [0.05, 0.1) is 22.5 Å². The van der Waals surface area contributed by atoms with Crippen LogP contribution in [0.15, 0.2) is 34.1 Å². The number of fused-ring (bicyclic) bond motifs is 1. The molecule has 8 heteroatoms. The SMILES string of the molecule is CCCn1cc(C)c2c(=O)[nH]c(-c3cc(S(C)(=O)=O)ccc3OCC)nc21. The van der Waals surface area contributed by atoms with Crippen molar-refractivity contribution < 1.29 is 13.2 Å². The number of nitrogens with zero attached hydrogens (tertiary/aromatic N) is 2. The van der Waals surface area contributed by atoms with E-state index in [0.29, 0.717) is 29.0 Å². The van der Waals surface area contributed by atoms with Crippen molar-refractivity contribution in [3.63, 3.8) is 0 Å². The molecule has 0 aliphatic carbocycles. The van der Waals surface area contributed by atoms with E-state index in [-0.39, 0.29) is 16.3 Å². The van der Waals surface area contributed by atoms with Gasteiger partial charge in [-0.1, -0.05) is 6.92 Å². The van der Waals surface area contributed by atoms with Gasteiger partial charge in [-0.05, 0) is 44.0 Å². The number of aryl methyl sites for hydroxylation is 2. The Morgan fingerprint density at radius 2 is 2.00 bits per heavy atom. The van der Waals surface area contributed by atoms with E-state index in [0.717, 1.165) is 24.8 Å². The highest BCUT2D eigenvalue weighted by atomic mass is 32.2. The van der Waals surface area contributed by atoms with E-state index in [1.165, 1.54) is 12.1 Å². The van der Waals surface area contributed by atoms with Gasteiger partial charge in [-0.25, -0.2) is 13.4 Å². The predicted octanol–water partition coefficient (Wildman–Crippen LogP) is 2.91. The van der Waals surface area contributed by atoms with Crippen LogP contribution in [-0.4, -0.2) is 35.8 Å². The molecule has 0 radical (unpaired) electrons. The van der Waals surface area contributed by atoms with Crippen LogP contribution in [0.3, 0.4) is 0 Å². The Bertz CT molecular complexity index is 1160. The average Bonchev–Trinajstić information content (AvgIpc) is 2.91. The fraction of sp³-hybridized carbons (Fsp3) is 0.368. The van der Waals surface area contributed by atoms with Crippen LogP contribution in [0.4, 0.5) is 0 Å². The summed E-state index contributed by atoms with van der Waals surface area (Å²) in [6.45, 7) is 6.91. The number of aromatic nitrogens is 3. The van der Waals surface area contributed by atoms with Crippen LogP contribution in [0.1, 0.15) is 25.8 Å². The van der Waals surface area contributed by atoms with E-state index in [4.69, 9.17) is 4.74 Å². The van der Waals surface area contributed by atoms with E-state index < -0.39 is 9.84 Å². The molecular weight excluding hydrogens is 366 g/mol. The summed E-state index contributed by atoms with van der Waals surface area (Å²) in [4.78, 5) is 20.3. The zero-order valence-electron chi connectivity index (χ0n) is 15.9. The lowest BCUT2D eigenvalue weighted by molar-refractivity contribution is 0.341. The predicted molar refractivity (Wildman–Crippen MR) is 105 cm³/mol. The Morgan fingerprint density at radius 1 is 1.26 bits per heavy atom. The molecule has 7 nitrogen and oxygen atoms in total. The molecule has 3 rings (SSSR count). The summed E-state index contributed by atoms with van der Waals surface area (Å²) >= 11 is 0. The van der Waals surface area contributed by atoms with Crippen molar-refractivity contribution in [2.24, 2.45) is 0 Å². The van der Waals surface area contributed by atoms with E-state index >= 15 is 0 Å². The van der Waals surface area contributed by atoms with Gasteiger partial charge in [0, 0.05) is 19.0 Å². The van der Waals surface area contributed by atoms with Crippen LogP contribution < -0.4 is 10.3 Å². The Kier molecular flexibility index (Phi) is 5.10. The first-order valence-corrected chi connectivity index (χ1v) is 10.7. The average molecular weight is 389 g/mol. The smallest absolute Gasteiger partial charge is 0.260 e. The summed E-state index contributed by atoms with van der Waals surface area (Å²) < 4.78 is 31.5. The molecule has 0 atom stereocenters. The quantitative estimate of drug-likeness (QED) is 0.699. The van der Waals surface area contributed by atoms with Gasteiger partial charge in [-0.3, -0.25) is 4.79 Å². The van der Waals surface area contributed by atoms with Crippen LogP contribution in [0.2, 0.25) is 0 Å². The molecule has 0 saturated carbocycles. The number of ether oxygens (including phenoxy) is 1. The molecule has 0 spiro atoms. The minimum Gasteiger partial charge on any atom is -0.493 e. The molecule has 144 valence electrons. The van der Waals surface area contributed by atoms with E-state index in [1.807, 2.05) is 24.6 Å². The molecule has 1 aromatic carbocycles. The fourth-order valence-corrected chi connectivity index (χ4v) is 3.78. The number of sulfone groups is 1. The third-order valence-corrected chi connectivity index (χ3v) is 5.43. The van der Waals surface area contributed by atoms with Gasteiger partial charge < -0.3 is 14.3 Å². The second kappa shape index (κ2) is 7.19. The third-order valence-electron chi connectivity index (χ3n) is 4.31. The molecule has 27 heavy (non-hydrogen) atoms. The Balaban J connectivity index is 2.31. The van der Waals surface area contributed by atoms with Gasteiger partial charge in [0.1, 0.15) is 17.2 Å². The number of aromatic amines is 1. The minimum absolute atomic E-state index is 0.142. The Hall–Kier alpha value is -2.61. The topological polar surface area (TPSA) is 94.1 Å². The maximum Gasteiger partial charge on any atom is 0.260 e. The summed E-state index contributed by atoms with van der Waals surface area (Å²) in [6, 6.07) is 4.57. The maximum absolute atomic E-state index is 12.7. The van der Waals surface area contributed by atoms with Crippen molar-refractivity contribution in [2.75, 3.05) is 12.9 Å². The van der Waals surface area contributed by atoms with Crippen LogP contribution in [0.25, 0.3) is 22.4 Å². The van der Waals surface area contributed by atoms with Gasteiger partial charge >= 0.3 is 0 Å². The molecule has 0 amide bonds. The maximum atomic E-state index is 12.7. The number of benzene rings is 1. The molecule has 0 aliphatic rings. The van der Waals surface area contributed by atoms with E-state index in [1.54, 1.807) is 6.07 Å². The van der Waals surface area contributed by atoms with Crippen molar-refractivity contribution in [1.29, 1.82) is 0 Å². The molecule has 0 aliphatic heterocycles. The Morgan fingerprint density at radius 3 is 2.63 bits per heavy atom. The van der Waals surface area contributed by atoms with Gasteiger partial charge in [0.15, 0.2) is 9.84 Å². The second-order valence-electron chi connectivity index (χ2n) is 6.48. The van der Waals surface area contributed by atoms with Crippen molar-refractivity contribution in [3.8, 4) is 17.1 Å². The molecule has 3 aromatic rings. The van der Waals surface area contributed by atoms with Crippen LogP contribution in [0, 0.1) is 6.92 Å². The van der Waals surface area contributed by atoms with E-state index in [2.05, 4.69) is 16.9 Å². The molecular formula is C19H23N3O4S. The summed E-state index contributed by atoms with van der Waals surface area (Å²) in [6.07, 6.45) is 3.96. The monoisotopic (exact) mass is 389 g/mol. The molecule has 0 fully saturated rings. The highest BCUT2D eigenvalue weighted by Crippen LogP contribution is 2.31. The number of nitrogens with one attached hydrogen (secondary N) is 1. The molecule has 0 saturated heterocycles. The van der Waals surface area contributed by atoms with Gasteiger partial charge in [0.2, 0.25) is 0 Å². The van der Waals surface area contributed by atoms with Gasteiger partial charge in [-0.15, -0.1) is 0 Å². The zero-order valence-corrected chi connectivity index (χ0v) is 16.7. The number of rotatable bonds is 6. The lowest BCUT2D eigenvalue weighted by Gasteiger charge is -2.12. The van der Waals surface area contributed by atoms with Gasteiger partial charge in [0.25, 0.3) is 5.56 Å². The summed E-state index contributed by atoms with van der Waals surface area (Å²) in [7, 11) is -3.41. The van der Waals surface area contributed by atoms with Crippen molar-refractivity contribution in [3.05, 3.63) is 40.3 Å². The van der Waals surface area contributed by atoms with E-state index in [9.17, 15) is 13.2 Å². The van der Waals surface area contributed by atoms with Gasteiger partial charge in [-0.2, -0.15) is 0 Å². The third kappa shape index (κ3) is 3.62. The lowest BCUT2D eigenvalue weighted by atomic mass is 10.1. The first-order chi connectivity index (χ1) is 12.8. The van der Waals surface area contributed by atoms with Crippen LogP contribution >= 0.6 is 0 Å². The molecule has 2 heterocycles. The lowest BCUT2D eigenvalue weighted by Crippen LogP contribution is -2.12. The summed E-state index contributed by atoms with van der Waals surface area (Å²) in [5.74, 6) is 0.759. The normalized spacial score (nSPS) is 11.9. The minimum atomic E-state index is -3.41. The van der Waals surface area contributed by atoms with Crippen LogP contribution in [-0.2, 0) is 16.4 Å². The number of hydrogen-bond donors (Lipinski definition) is 1. The van der Waals surface area contributed by atoms with Crippen LogP contribution in [0.5, 0.6) is 5.75 Å². The first-order valence-electron chi connectivity index (χ1n) is 8.83. The number of hydrogen-bond acceptors (Lipinski definition) is 5. The van der Waals surface area contributed by atoms with Crippen molar-refractivity contribution >= 4 is 20.9 Å². The molecule has 0 unspecified atom stereocenters. The summed E-state index contributed by atoms with van der Waals surface area (Å²) in [5, 5.41) is 0.546. The highest BCUT2D eigenvalue weighted by Gasteiger charge is 2.18. The summed E-state index contributed by atoms with van der Waals surface area (Å²) in [5.41, 5.74) is 1.63.